The number of rotatable bonds is 4. The average molecular weight is 228 g/mol. The first kappa shape index (κ1) is 11.9. The number of ether oxygens (including phenoxy) is 2. The van der Waals surface area contributed by atoms with Crippen molar-refractivity contribution < 1.29 is 9.47 Å². The van der Waals surface area contributed by atoms with E-state index in [1.807, 2.05) is 19.1 Å². The molecule has 0 aromatic heterocycles. The maximum absolute atomic E-state index is 7.26. The third-order valence-electron chi connectivity index (χ3n) is 1.92. The molecule has 15 heavy (non-hydrogen) atoms. The van der Waals surface area contributed by atoms with Gasteiger partial charge in [-0.25, -0.2) is 0 Å². The van der Waals surface area contributed by atoms with E-state index < -0.39 is 0 Å². The molecule has 0 saturated heterocycles. The monoisotopic (exact) mass is 227 g/mol. The van der Waals surface area contributed by atoms with Crippen LogP contribution in [0.5, 0.6) is 5.75 Å². The number of hydrogen-bond donors (Lipinski definition) is 1. The Morgan fingerprint density at radius 1 is 1.47 bits per heavy atom. The van der Waals surface area contributed by atoms with Gasteiger partial charge in [-0.1, -0.05) is 17.7 Å². The van der Waals surface area contributed by atoms with Crippen LogP contribution in [0.1, 0.15) is 12.0 Å². The van der Waals surface area contributed by atoms with E-state index in [9.17, 15) is 0 Å². The fourth-order valence-corrected chi connectivity index (χ4v) is 1.25. The molecule has 1 aromatic rings. The predicted octanol–water partition coefficient (Wildman–Crippen LogP) is 3.04. The van der Waals surface area contributed by atoms with Crippen LogP contribution in [0.25, 0.3) is 0 Å². The van der Waals surface area contributed by atoms with Crippen LogP contribution in [0.15, 0.2) is 18.2 Å². The highest BCUT2D eigenvalue weighted by Crippen LogP contribution is 2.25. The molecule has 1 N–H and O–H groups in total. The summed E-state index contributed by atoms with van der Waals surface area (Å²) in [4.78, 5) is 0. The van der Waals surface area contributed by atoms with Crippen molar-refractivity contribution >= 4 is 17.5 Å². The molecule has 0 fully saturated rings. The number of hydrogen-bond acceptors (Lipinski definition) is 3. The zero-order valence-corrected chi connectivity index (χ0v) is 9.60. The highest BCUT2D eigenvalue weighted by Gasteiger charge is 2.02. The van der Waals surface area contributed by atoms with E-state index in [-0.39, 0.29) is 5.90 Å². The van der Waals surface area contributed by atoms with Crippen LogP contribution in [0.4, 0.5) is 0 Å². The number of aryl methyl sites for hydroxylation is 1. The summed E-state index contributed by atoms with van der Waals surface area (Å²) in [5, 5.41) is 7.85. The van der Waals surface area contributed by atoms with E-state index in [1.54, 1.807) is 6.07 Å². The van der Waals surface area contributed by atoms with Gasteiger partial charge in [-0.3, -0.25) is 5.41 Å². The Hall–Kier alpha value is -1.22. The molecule has 0 saturated carbocycles. The van der Waals surface area contributed by atoms with Gasteiger partial charge >= 0.3 is 0 Å². The van der Waals surface area contributed by atoms with E-state index >= 15 is 0 Å². The summed E-state index contributed by atoms with van der Waals surface area (Å²) in [6.07, 6.45) is 0.445. The van der Waals surface area contributed by atoms with Crippen molar-refractivity contribution in [1.82, 2.24) is 0 Å². The SMILES string of the molecule is COC(=N)CCOc1cc(C)ccc1Cl. The van der Waals surface area contributed by atoms with Gasteiger partial charge in [0.2, 0.25) is 0 Å². The normalized spacial score (nSPS) is 9.80. The van der Waals surface area contributed by atoms with Crippen LogP contribution in [0.2, 0.25) is 5.02 Å². The maximum Gasteiger partial charge on any atom is 0.183 e. The number of methoxy groups -OCH3 is 1. The van der Waals surface area contributed by atoms with Crippen molar-refractivity contribution in [2.24, 2.45) is 0 Å². The van der Waals surface area contributed by atoms with Gasteiger partial charge in [0.25, 0.3) is 0 Å². The molecule has 0 aliphatic heterocycles. The summed E-state index contributed by atoms with van der Waals surface area (Å²) >= 11 is 5.94. The van der Waals surface area contributed by atoms with E-state index in [1.165, 1.54) is 7.11 Å². The van der Waals surface area contributed by atoms with Gasteiger partial charge in [-0.15, -0.1) is 0 Å². The molecular weight excluding hydrogens is 214 g/mol. The Morgan fingerprint density at radius 2 is 2.20 bits per heavy atom. The second-order valence-corrected chi connectivity index (χ2v) is 3.57. The minimum atomic E-state index is 0.207. The van der Waals surface area contributed by atoms with Crippen LogP contribution < -0.4 is 4.74 Å². The first-order chi connectivity index (χ1) is 7.13. The zero-order chi connectivity index (χ0) is 11.3. The molecule has 0 amide bonds. The maximum atomic E-state index is 7.26. The summed E-state index contributed by atoms with van der Waals surface area (Å²) in [6, 6.07) is 5.60. The van der Waals surface area contributed by atoms with Gasteiger partial charge in [0.15, 0.2) is 5.90 Å². The van der Waals surface area contributed by atoms with Crippen molar-refractivity contribution in [3.63, 3.8) is 0 Å². The highest BCUT2D eigenvalue weighted by molar-refractivity contribution is 6.32. The molecule has 4 heteroatoms. The van der Waals surface area contributed by atoms with Crippen LogP contribution in [-0.4, -0.2) is 19.6 Å². The van der Waals surface area contributed by atoms with Crippen molar-refractivity contribution in [3.05, 3.63) is 28.8 Å². The number of nitrogens with one attached hydrogen (secondary N) is 1. The third kappa shape index (κ3) is 3.80. The number of benzene rings is 1. The molecule has 0 heterocycles. The Kier molecular flexibility index (Phi) is 4.43. The number of halogens is 1. The lowest BCUT2D eigenvalue weighted by atomic mass is 10.2. The summed E-state index contributed by atoms with van der Waals surface area (Å²) in [5.74, 6) is 0.861. The Labute approximate surface area is 94.5 Å². The summed E-state index contributed by atoms with van der Waals surface area (Å²) < 4.78 is 10.1. The van der Waals surface area contributed by atoms with E-state index in [4.69, 9.17) is 26.5 Å². The van der Waals surface area contributed by atoms with Gasteiger partial charge in [0, 0.05) is 0 Å². The molecule has 0 bridgehead atoms. The average Bonchev–Trinajstić information content (AvgIpc) is 2.23. The molecule has 0 unspecified atom stereocenters. The lowest BCUT2D eigenvalue weighted by molar-refractivity contribution is 0.307. The van der Waals surface area contributed by atoms with Crippen molar-refractivity contribution in [3.8, 4) is 5.75 Å². The molecule has 0 aliphatic carbocycles. The minimum Gasteiger partial charge on any atom is -0.491 e. The molecule has 1 rings (SSSR count). The van der Waals surface area contributed by atoms with Crippen LogP contribution >= 0.6 is 11.6 Å². The molecule has 1 aromatic carbocycles. The van der Waals surface area contributed by atoms with Crippen LogP contribution in [0, 0.1) is 12.3 Å². The summed E-state index contributed by atoms with van der Waals surface area (Å²) in [5.41, 5.74) is 1.09. The molecule has 82 valence electrons. The Morgan fingerprint density at radius 3 is 2.87 bits per heavy atom. The lowest BCUT2D eigenvalue weighted by Crippen LogP contribution is -2.07. The first-order valence-electron chi connectivity index (χ1n) is 4.64. The second-order valence-electron chi connectivity index (χ2n) is 3.16. The van der Waals surface area contributed by atoms with Gasteiger partial charge < -0.3 is 9.47 Å². The highest BCUT2D eigenvalue weighted by atomic mass is 35.5. The zero-order valence-electron chi connectivity index (χ0n) is 8.84. The molecule has 0 aliphatic rings. The summed E-state index contributed by atoms with van der Waals surface area (Å²) in [7, 11) is 1.47. The summed E-state index contributed by atoms with van der Waals surface area (Å²) in [6.45, 7) is 2.37. The minimum absolute atomic E-state index is 0.207. The van der Waals surface area contributed by atoms with Gasteiger partial charge in [0.1, 0.15) is 5.75 Å². The van der Waals surface area contributed by atoms with Gasteiger partial charge in [-0.05, 0) is 24.6 Å². The van der Waals surface area contributed by atoms with E-state index in [2.05, 4.69) is 0 Å². The second kappa shape index (κ2) is 5.61. The van der Waals surface area contributed by atoms with Crippen LogP contribution in [0.3, 0.4) is 0 Å². The fraction of sp³-hybridized carbons (Fsp3) is 0.364. The molecule has 0 atom stereocenters. The van der Waals surface area contributed by atoms with Crippen LogP contribution in [-0.2, 0) is 4.74 Å². The van der Waals surface area contributed by atoms with Crippen molar-refractivity contribution in [2.75, 3.05) is 13.7 Å². The quantitative estimate of drug-likeness (QED) is 0.635. The lowest BCUT2D eigenvalue weighted by Gasteiger charge is -2.08. The standard InChI is InChI=1S/C11H14ClNO2/c1-8-3-4-9(12)10(7-8)15-6-5-11(13)14-2/h3-4,7,13H,5-6H2,1-2H3. The van der Waals surface area contributed by atoms with E-state index in [0.717, 1.165) is 5.56 Å². The predicted molar refractivity (Wildman–Crippen MR) is 61.0 cm³/mol. The molecule has 0 radical (unpaired) electrons. The van der Waals surface area contributed by atoms with E-state index in [0.29, 0.717) is 23.8 Å². The van der Waals surface area contributed by atoms with Crippen molar-refractivity contribution in [1.29, 1.82) is 5.41 Å². The molecule has 3 nitrogen and oxygen atoms in total. The first-order valence-corrected chi connectivity index (χ1v) is 5.01. The van der Waals surface area contributed by atoms with Gasteiger partial charge in [0.05, 0.1) is 25.2 Å². The van der Waals surface area contributed by atoms with Crippen molar-refractivity contribution in [2.45, 2.75) is 13.3 Å². The van der Waals surface area contributed by atoms with Gasteiger partial charge in [-0.2, -0.15) is 0 Å². The molecule has 0 spiro atoms. The Balaban J connectivity index is 2.50. The largest absolute Gasteiger partial charge is 0.491 e. The third-order valence-corrected chi connectivity index (χ3v) is 2.23. The topological polar surface area (TPSA) is 42.3 Å². The fourth-order valence-electron chi connectivity index (χ4n) is 1.08. The molecular formula is C11H14ClNO2. The Bertz CT molecular complexity index is 352. The smallest absolute Gasteiger partial charge is 0.183 e.